The van der Waals surface area contributed by atoms with Crippen LogP contribution in [0, 0.1) is 6.92 Å². The van der Waals surface area contributed by atoms with Gasteiger partial charge >= 0.3 is 0 Å². The summed E-state index contributed by atoms with van der Waals surface area (Å²) in [6, 6.07) is 12.5. The Morgan fingerprint density at radius 3 is 2.35 bits per heavy atom. The predicted molar refractivity (Wildman–Crippen MR) is 100 cm³/mol. The van der Waals surface area contributed by atoms with E-state index in [0.29, 0.717) is 28.1 Å². The van der Waals surface area contributed by atoms with E-state index < -0.39 is 0 Å². The number of nitrogens with one attached hydrogen (secondary N) is 2. The molecule has 0 saturated carbocycles. The van der Waals surface area contributed by atoms with Crippen molar-refractivity contribution in [2.45, 2.75) is 13.5 Å². The number of rotatable bonds is 5. The van der Waals surface area contributed by atoms with E-state index in [9.17, 15) is 9.59 Å². The molecule has 2 aromatic carbocycles. The van der Waals surface area contributed by atoms with Gasteiger partial charge in [0.25, 0.3) is 11.5 Å². The van der Waals surface area contributed by atoms with E-state index >= 15 is 0 Å². The maximum Gasteiger partial charge on any atom is 0.253 e. The number of aromatic nitrogens is 1. The molecule has 1 heterocycles. The first-order valence-electron chi connectivity index (χ1n) is 8.14. The Hall–Kier alpha value is -3.28. The first kappa shape index (κ1) is 17.5. The van der Waals surface area contributed by atoms with Gasteiger partial charge in [0.15, 0.2) is 11.5 Å². The van der Waals surface area contributed by atoms with Gasteiger partial charge in [-0.25, -0.2) is 0 Å². The number of pyridine rings is 1. The highest BCUT2D eigenvalue weighted by molar-refractivity contribution is 5.94. The molecule has 2 N–H and O–H groups in total. The first-order valence-corrected chi connectivity index (χ1v) is 8.14. The van der Waals surface area contributed by atoms with Crippen LogP contribution < -0.4 is 20.3 Å². The van der Waals surface area contributed by atoms with Crippen molar-refractivity contribution in [2.24, 2.45) is 0 Å². The predicted octanol–water partition coefficient (Wildman–Crippen LogP) is 2.78. The van der Waals surface area contributed by atoms with E-state index in [-0.39, 0.29) is 18.0 Å². The van der Waals surface area contributed by atoms with Gasteiger partial charge in [0.2, 0.25) is 0 Å². The third-order valence-electron chi connectivity index (χ3n) is 4.18. The maximum atomic E-state index is 12.3. The normalized spacial score (nSPS) is 10.6. The lowest BCUT2D eigenvalue weighted by Crippen LogP contribution is -2.26. The number of aromatic amines is 1. The minimum Gasteiger partial charge on any atom is -0.493 e. The number of carbonyl (C=O) groups excluding carboxylic acids is 1. The van der Waals surface area contributed by atoms with Crippen molar-refractivity contribution in [3.05, 3.63) is 69.5 Å². The second-order valence-electron chi connectivity index (χ2n) is 5.97. The molecule has 0 saturated heterocycles. The number of fused-ring (bicyclic) bond motifs is 1. The highest BCUT2D eigenvalue weighted by Crippen LogP contribution is 2.30. The Labute approximate surface area is 150 Å². The Morgan fingerprint density at radius 2 is 1.69 bits per heavy atom. The lowest BCUT2D eigenvalue weighted by molar-refractivity contribution is 0.0951. The summed E-state index contributed by atoms with van der Waals surface area (Å²) in [7, 11) is 3.09. The van der Waals surface area contributed by atoms with Crippen molar-refractivity contribution in [2.75, 3.05) is 14.2 Å². The van der Waals surface area contributed by atoms with Crippen molar-refractivity contribution in [3.8, 4) is 11.5 Å². The van der Waals surface area contributed by atoms with Crippen LogP contribution in [0.4, 0.5) is 0 Å². The maximum absolute atomic E-state index is 12.3. The number of hydrogen-bond donors (Lipinski definition) is 2. The highest BCUT2D eigenvalue weighted by Gasteiger charge is 2.11. The van der Waals surface area contributed by atoms with Crippen LogP contribution in [0.15, 0.2) is 47.3 Å². The molecule has 26 heavy (non-hydrogen) atoms. The number of carbonyl (C=O) groups is 1. The van der Waals surface area contributed by atoms with Crippen LogP contribution >= 0.6 is 0 Å². The zero-order valence-corrected chi connectivity index (χ0v) is 14.9. The zero-order valence-electron chi connectivity index (χ0n) is 14.9. The summed E-state index contributed by atoms with van der Waals surface area (Å²) in [5, 5.41) is 3.57. The molecule has 0 aliphatic carbocycles. The molecule has 3 rings (SSSR count). The largest absolute Gasteiger partial charge is 0.493 e. The molecule has 0 fully saturated rings. The quantitative estimate of drug-likeness (QED) is 0.740. The van der Waals surface area contributed by atoms with E-state index in [1.165, 1.54) is 7.11 Å². The topological polar surface area (TPSA) is 80.4 Å². The van der Waals surface area contributed by atoms with Crippen molar-refractivity contribution in [3.63, 3.8) is 0 Å². The fraction of sp³-hybridized carbons (Fsp3) is 0.200. The molecule has 0 bridgehead atoms. The first-order chi connectivity index (χ1) is 12.5. The molecule has 1 amide bonds. The Kier molecular flexibility index (Phi) is 4.93. The van der Waals surface area contributed by atoms with Gasteiger partial charge in [0.05, 0.1) is 19.7 Å². The van der Waals surface area contributed by atoms with Gasteiger partial charge in [-0.2, -0.15) is 0 Å². The Bertz CT molecular complexity index is 1010. The number of hydrogen-bond acceptors (Lipinski definition) is 4. The fourth-order valence-corrected chi connectivity index (χ4v) is 2.69. The molecule has 134 valence electrons. The molecular weight excluding hydrogens is 332 g/mol. The number of aryl methyl sites for hydroxylation is 1. The minimum absolute atomic E-state index is 0.131. The molecular formula is C20H20N2O4. The lowest BCUT2D eigenvalue weighted by atomic mass is 10.1. The van der Waals surface area contributed by atoms with E-state index in [1.54, 1.807) is 37.4 Å². The molecule has 1 aromatic heterocycles. The minimum atomic E-state index is -0.256. The monoisotopic (exact) mass is 352 g/mol. The van der Waals surface area contributed by atoms with Gasteiger partial charge in [0.1, 0.15) is 0 Å². The van der Waals surface area contributed by atoms with Crippen LogP contribution in [-0.2, 0) is 6.54 Å². The van der Waals surface area contributed by atoms with Crippen molar-refractivity contribution in [1.82, 2.24) is 10.3 Å². The number of methoxy groups -OCH3 is 2. The molecule has 3 aromatic rings. The molecule has 0 atom stereocenters. The van der Waals surface area contributed by atoms with Crippen LogP contribution in [0.3, 0.4) is 0 Å². The highest BCUT2D eigenvalue weighted by atomic mass is 16.5. The summed E-state index contributed by atoms with van der Waals surface area (Å²) >= 11 is 0. The summed E-state index contributed by atoms with van der Waals surface area (Å²) in [5.74, 6) is 0.884. The summed E-state index contributed by atoms with van der Waals surface area (Å²) in [6.07, 6.45) is 0. The average molecular weight is 352 g/mol. The summed E-state index contributed by atoms with van der Waals surface area (Å²) in [6.45, 7) is 2.09. The third-order valence-corrected chi connectivity index (χ3v) is 4.18. The summed E-state index contributed by atoms with van der Waals surface area (Å²) in [5.41, 5.74) is 2.48. The number of H-pyrrole nitrogens is 1. The van der Waals surface area contributed by atoms with Gasteiger partial charge in [-0.05, 0) is 31.2 Å². The SMILES string of the molecule is COc1cc2cc(CNC(=O)c3ccc(C)cc3)c(=O)[nH]c2cc1OC. The smallest absolute Gasteiger partial charge is 0.253 e. The fourth-order valence-electron chi connectivity index (χ4n) is 2.69. The molecule has 0 spiro atoms. The molecule has 0 aliphatic heterocycles. The van der Waals surface area contributed by atoms with Gasteiger partial charge in [-0.1, -0.05) is 17.7 Å². The Balaban J connectivity index is 1.85. The van der Waals surface area contributed by atoms with Crippen LogP contribution in [0.1, 0.15) is 21.5 Å². The molecule has 0 unspecified atom stereocenters. The molecule has 0 aliphatic rings. The van der Waals surface area contributed by atoms with Gasteiger partial charge < -0.3 is 19.8 Å². The molecule has 6 nitrogen and oxygen atoms in total. The van der Waals surface area contributed by atoms with Gasteiger partial charge in [-0.15, -0.1) is 0 Å². The van der Waals surface area contributed by atoms with E-state index in [1.807, 2.05) is 19.1 Å². The third kappa shape index (κ3) is 3.54. The van der Waals surface area contributed by atoms with Gasteiger partial charge in [0, 0.05) is 29.1 Å². The number of ether oxygens (including phenoxy) is 2. The number of amides is 1. The number of benzene rings is 2. The standard InChI is InChI=1S/C20H20N2O4/c1-12-4-6-13(7-5-12)19(23)21-11-15-8-14-9-17(25-2)18(26-3)10-16(14)22-20(15)24/h4-10H,11H2,1-3H3,(H,21,23)(H,22,24). The van der Waals surface area contributed by atoms with Crippen molar-refractivity contribution < 1.29 is 14.3 Å². The van der Waals surface area contributed by atoms with E-state index in [2.05, 4.69) is 10.3 Å². The Morgan fingerprint density at radius 1 is 1.04 bits per heavy atom. The van der Waals surface area contributed by atoms with Crippen LogP contribution in [-0.4, -0.2) is 25.1 Å². The van der Waals surface area contributed by atoms with E-state index in [4.69, 9.17) is 9.47 Å². The molecule has 0 radical (unpaired) electrons. The van der Waals surface area contributed by atoms with Crippen molar-refractivity contribution >= 4 is 16.8 Å². The van der Waals surface area contributed by atoms with Crippen LogP contribution in [0.5, 0.6) is 11.5 Å². The summed E-state index contributed by atoms with van der Waals surface area (Å²) in [4.78, 5) is 27.3. The second kappa shape index (κ2) is 7.31. The van der Waals surface area contributed by atoms with Crippen LogP contribution in [0.2, 0.25) is 0 Å². The summed E-state index contributed by atoms with van der Waals surface area (Å²) < 4.78 is 10.5. The average Bonchev–Trinajstić information content (AvgIpc) is 2.65. The van der Waals surface area contributed by atoms with E-state index in [0.717, 1.165) is 10.9 Å². The van der Waals surface area contributed by atoms with Crippen LogP contribution in [0.25, 0.3) is 10.9 Å². The lowest BCUT2D eigenvalue weighted by Gasteiger charge is -2.10. The van der Waals surface area contributed by atoms with Gasteiger partial charge in [-0.3, -0.25) is 9.59 Å². The zero-order chi connectivity index (χ0) is 18.7. The van der Waals surface area contributed by atoms with Crippen molar-refractivity contribution in [1.29, 1.82) is 0 Å². The molecule has 6 heteroatoms. The second-order valence-corrected chi connectivity index (χ2v) is 5.97.